The van der Waals surface area contributed by atoms with Crippen molar-refractivity contribution in [2.45, 2.75) is 58.3 Å². The Labute approximate surface area is 218 Å². The zero-order chi connectivity index (χ0) is 25.8. The molecule has 36 heavy (non-hydrogen) atoms. The molecule has 0 bridgehead atoms. The van der Waals surface area contributed by atoms with Crippen LogP contribution in [0.25, 0.3) is 5.57 Å². The average Bonchev–Trinajstić information content (AvgIpc) is 3.40. The fourth-order valence-corrected chi connectivity index (χ4v) is 6.72. The second-order valence-corrected chi connectivity index (χ2v) is 11.8. The largest absolute Gasteiger partial charge is 0.377 e. The lowest BCUT2D eigenvalue weighted by Crippen LogP contribution is -2.22. The van der Waals surface area contributed by atoms with Crippen molar-refractivity contribution in [2.24, 2.45) is 0 Å². The van der Waals surface area contributed by atoms with E-state index in [1.807, 2.05) is 0 Å². The van der Waals surface area contributed by atoms with Gasteiger partial charge in [-0.1, -0.05) is 88.4 Å². The minimum atomic E-state index is -0.00119. The second kappa shape index (κ2) is 8.69. The first kappa shape index (κ1) is 24.4. The smallest absolute Gasteiger partial charge is 0.0447 e. The van der Waals surface area contributed by atoms with E-state index < -0.39 is 0 Å². The van der Waals surface area contributed by atoms with Crippen molar-refractivity contribution in [2.75, 3.05) is 26.0 Å². The van der Waals surface area contributed by atoms with E-state index in [1.165, 1.54) is 56.1 Å². The first-order valence-corrected chi connectivity index (χ1v) is 13.2. The lowest BCUT2D eigenvalue weighted by atomic mass is 9.81. The maximum atomic E-state index is 2.39. The normalized spacial score (nSPS) is 22.4. The average molecular weight is 477 g/mol. The lowest BCUT2D eigenvalue weighted by Gasteiger charge is -2.24. The predicted molar refractivity (Wildman–Crippen MR) is 155 cm³/mol. The SMILES string of the molecule is CC1=C(C=CC2=C(N(C)C)C(=CC=C3N(C)c4ccccc4C3(C)C)CC2)C(C)(C)c2ccccc21. The van der Waals surface area contributed by atoms with E-state index in [9.17, 15) is 0 Å². The van der Waals surface area contributed by atoms with E-state index in [0.717, 1.165) is 12.8 Å². The van der Waals surface area contributed by atoms with E-state index in [-0.39, 0.29) is 10.8 Å². The fourth-order valence-electron chi connectivity index (χ4n) is 6.72. The summed E-state index contributed by atoms with van der Waals surface area (Å²) in [5.41, 5.74) is 14.0. The van der Waals surface area contributed by atoms with E-state index in [2.05, 4.69) is 138 Å². The Kier molecular flexibility index (Phi) is 5.90. The van der Waals surface area contributed by atoms with Crippen molar-refractivity contribution >= 4 is 11.3 Å². The van der Waals surface area contributed by atoms with Gasteiger partial charge in [0.15, 0.2) is 0 Å². The van der Waals surface area contributed by atoms with Crippen molar-refractivity contribution in [1.82, 2.24) is 4.90 Å². The van der Waals surface area contributed by atoms with Gasteiger partial charge in [0, 0.05) is 49.1 Å². The maximum absolute atomic E-state index is 2.39. The van der Waals surface area contributed by atoms with Crippen LogP contribution in [0.3, 0.4) is 0 Å². The van der Waals surface area contributed by atoms with Crippen molar-refractivity contribution in [3.8, 4) is 0 Å². The number of anilines is 1. The molecule has 1 heterocycles. The molecule has 0 fully saturated rings. The highest BCUT2D eigenvalue weighted by molar-refractivity contribution is 5.81. The Balaban J connectivity index is 1.49. The molecule has 0 amide bonds. The van der Waals surface area contributed by atoms with Gasteiger partial charge >= 0.3 is 0 Å². The molecule has 0 saturated carbocycles. The molecule has 5 rings (SSSR count). The summed E-state index contributed by atoms with van der Waals surface area (Å²) in [7, 11) is 6.55. The van der Waals surface area contributed by atoms with Gasteiger partial charge in [-0.3, -0.25) is 0 Å². The Morgan fingerprint density at radius 1 is 0.806 bits per heavy atom. The maximum Gasteiger partial charge on any atom is 0.0447 e. The summed E-state index contributed by atoms with van der Waals surface area (Å²) in [5.74, 6) is 0. The third-order valence-corrected chi connectivity index (χ3v) is 8.64. The molecule has 0 N–H and O–H groups in total. The molecule has 2 aliphatic carbocycles. The van der Waals surface area contributed by atoms with Crippen molar-refractivity contribution in [1.29, 1.82) is 0 Å². The molecule has 3 aliphatic rings. The summed E-state index contributed by atoms with van der Waals surface area (Å²) >= 11 is 0. The van der Waals surface area contributed by atoms with Gasteiger partial charge in [-0.2, -0.15) is 0 Å². The number of benzene rings is 2. The van der Waals surface area contributed by atoms with Crippen LogP contribution in [0.4, 0.5) is 5.69 Å². The van der Waals surface area contributed by atoms with Crippen molar-refractivity contribution < 1.29 is 0 Å². The van der Waals surface area contributed by atoms with Gasteiger partial charge in [0.25, 0.3) is 0 Å². The number of nitrogens with zero attached hydrogens (tertiary/aromatic N) is 2. The number of para-hydroxylation sites is 1. The van der Waals surface area contributed by atoms with E-state index in [0.29, 0.717) is 0 Å². The molecule has 0 spiro atoms. The molecule has 2 heteroatoms. The molecule has 186 valence electrons. The van der Waals surface area contributed by atoms with Crippen LogP contribution in [0.1, 0.15) is 64.2 Å². The molecule has 0 unspecified atom stereocenters. The number of hydrogen-bond donors (Lipinski definition) is 0. The Morgan fingerprint density at radius 3 is 2.14 bits per heavy atom. The first-order chi connectivity index (χ1) is 17.0. The van der Waals surface area contributed by atoms with Gasteiger partial charge in [-0.15, -0.1) is 0 Å². The van der Waals surface area contributed by atoms with E-state index in [1.54, 1.807) is 0 Å². The van der Waals surface area contributed by atoms with Crippen LogP contribution in [0.2, 0.25) is 0 Å². The van der Waals surface area contributed by atoms with Gasteiger partial charge in [0.1, 0.15) is 0 Å². The molecule has 0 radical (unpaired) electrons. The van der Waals surface area contributed by atoms with Crippen LogP contribution >= 0.6 is 0 Å². The quantitative estimate of drug-likeness (QED) is 0.439. The number of hydrogen-bond acceptors (Lipinski definition) is 2. The molecular weight excluding hydrogens is 436 g/mol. The van der Waals surface area contributed by atoms with Crippen LogP contribution in [-0.2, 0) is 10.8 Å². The third kappa shape index (κ3) is 3.70. The summed E-state index contributed by atoms with van der Waals surface area (Å²) in [6, 6.07) is 17.7. The molecule has 2 aromatic carbocycles. The first-order valence-electron chi connectivity index (χ1n) is 13.2. The number of fused-ring (bicyclic) bond motifs is 2. The number of likely N-dealkylation sites (N-methyl/N-ethyl adjacent to an activating group) is 2. The monoisotopic (exact) mass is 476 g/mol. The molecular formula is C34H40N2. The van der Waals surface area contributed by atoms with Crippen LogP contribution in [0, 0.1) is 0 Å². The molecule has 0 atom stereocenters. The highest BCUT2D eigenvalue weighted by Gasteiger charge is 2.38. The van der Waals surface area contributed by atoms with Crippen LogP contribution in [0.5, 0.6) is 0 Å². The number of allylic oxidation sites excluding steroid dienone is 9. The standard InChI is InChI=1S/C34H40N2/c1-23-26-13-9-10-14-28(26)33(2,3)27(23)21-19-24-17-18-25(32(24)35(6)7)20-22-31-34(4,5)29-15-11-12-16-30(29)36(31)8/h9-16,19-22H,17-18H2,1-8H3. The highest BCUT2D eigenvalue weighted by Crippen LogP contribution is 2.48. The van der Waals surface area contributed by atoms with Gasteiger partial charge < -0.3 is 9.80 Å². The zero-order valence-corrected chi connectivity index (χ0v) is 23.2. The Morgan fingerprint density at radius 2 is 1.47 bits per heavy atom. The Hall–Kier alpha value is -3.26. The summed E-state index contributed by atoms with van der Waals surface area (Å²) in [4.78, 5) is 4.65. The highest BCUT2D eigenvalue weighted by atomic mass is 15.2. The van der Waals surface area contributed by atoms with Crippen molar-refractivity contribution in [3.63, 3.8) is 0 Å². The molecule has 2 nitrogen and oxygen atoms in total. The van der Waals surface area contributed by atoms with Gasteiger partial charge in [-0.05, 0) is 70.9 Å². The van der Waals surface area contributed by atoms with Crippen molar-refractivity contribution in [3.05, 3.63) is 118 Å². The topological polar surface area (TPSA) is 6.48 Å². The zero-order valence-electron chi connectivity index (χ0n) is 23.2. The molecule has 0 aromatic heterocycles. The lowest BCUT2D eigenvalue weighted by molar-refractivity contribution is 0.521. The van der Waals surface area contributed by atoms with Crippen LogP contribution in [0.15, 0.2) is 101 Å². The Bertz CT molecular complexity index is 1370. The second-order valence-electron chi connectivity index (χ2n) is 11.8. The van der Waals surface area contributed by atoms with E-state index >= 15 is 0 Å². The van der Waals surface area contributed by atoms with Crippen LogP contribution < -0.4 is 4.90 Å². The summed E-state index contributed by atoms with van der Waals surface area (Å²) < 4.78 is 0. The predicted octanol–water partition coefficient (Wildman–Crippen LogP) is 8.15. The summed E-state index contributed by atoms with van der Waals surface area (Å²) in [6.07, 6.45) is 11.7. The summed E-state index contributed by atoms with van der Waals surface area (Å²) in [6.45, 7) is 11.7. The minimum absolute atomic E-state index is 0.00119. The third-order valence-electron chi connectivity index (χ3n) is 8.64. The molecule has 2 aromatic rings. The number of rotatable bonds is 4. The fraction of sp³-hybridized carbons (Fsp3) is 0.353. The van der Waals surface area contributed by atoms with Crippen LogP contribution in [-0.4, -0.2) is 26.0 Å². The molecule has 1 aliphatic heterocycles. The van der Waals surface area contributed by atoms with Gasteiger partial charge in [0.2, 0.25) is 0 Å². The van der Waals surface area contributed by atoms with Gasteiger partial charge in [-0.25, -0.2) is 0 Å². The van der Waals surface area contributed by atoms with E-state index in [4.69, 9.17) is 0 Å². The summed E-state index contributed by atoms with van der Waals surface area (Å²) in [5, 5.41) is 0. The van der Waals surface area contributed by atoms with Gasteiger partial charge in [0.05, 0.1) is 0 Å². The molecule has 0 saturated heterocycles. The minimum Gasteiger partial charge on any atom is -0.377 e.